The van der Waals surface area contributed by atoms with Crippen molar-refractivity contribution >= 4 is 18.7 Å². The van der Waals surface area contributed by atoms with Gasteiger partial charge in [0.15, 0.2) is 23.8 Å². The van der Waals surface area contributed by atoms with E-state index in [0.717, 1.165) is 0 Å². The number of fused-ring (bicyclic) bond motifs is 1. The van der Waals surface area contributed by atoms with Gasteiger partial charge < -0.3 is 27.8 Å². The molecule has 0 bridgehead atoms. The van der Waals surface area contributed by atoms with Gasteiger partial charge in [0.25, 0.3) is 8.32 Å². The zero-order valence-electron chi connectivity index (χ0n) is 22.7. The van der Waals surface area contributed by atoms with Gasteiger partial charge in [-0.2, -0.15) is 0 Å². The Morgan fingerprint density at radius 1 is 0.921 bits per heavy atom. The van der Waals surface area contributed by atoms with E-state index in [1.807, 2.05) is 38.1 Å². The summed E-state index contributed by atoms with van der Waals surface area (Å²) in [5, 5.41) is 2.16. The average Bonchev–Trinajstić information content (AvgIpc) is 3.59. The van der Waals surface area contributed by atoms with Crippen LogP contribution in [0.2, 0.25) is 5.04 Å². The molecule has 1 aromatic heterocycles. The van der Waals surface area contributed by atoms with Crippen LogP contribution < -0.4 is 10.4 Å². The number of hydrogen-bond acceptors (Lipinski definition) is 6. The lowest BCUT2D eigenvalue weighted by atomic mass is 9.89. The molecule has 2 aromatic carbocycles. The van der Waals surface area contributed by atoms with Crippen LogP contribution in [0.3, 0.4) is 0 Å². The highest BCUT2D eigenvalue weighted by Gasteiger charge is 2.67. The zero-order valence-corrected chi connectivity index (χ0v) is 23.7. The van der Waals surface area contributed by atoms with Crippen LogP contribution in [0.4, 0.5) is 0 Å². The zero-order chi connectivity index (χ0) is 27.0. The molecule has 2 saturated heterocycles. The van der Waals surface area contributed by atoms with Crippen LogP contribution in [-0.2, 0) is 29.0 Å². The van der Waals surface area contributed by atoms with Crippen molar-refractivity contribution in [2.75, 3.05) is 13.2 Å². The molecule has 200 valence electrons. The number of hydrogen-bond donors (Lipinski definition) is 0. The third kappa shape index (κ3) is 4.45. The highest BCUT2D eigenvalue weighted by atomic mass is 28.4. The molecule has 0 radical (unpaired) electrons. The van der Waals surface area contributed by atoms with Gasteiger partial charge in [0, 0.05) is 0 Å². The van der Waals surface area contributed by atoms with Gasteiger partial charge in [0.1, 0.15) is 18.5 Å². The third-order valence-corrected chi connectivity index (χ3v) is 12.4. The first-order chi connectivity index (χ1) is 18.1. The first kappa shape index (κ1) is 26.9. The van der Waals surface area contributed by atoms with E-state index in [2.05, 4.69) is 75.2 Å². The lowest BCUT2D eigenvalue weighted by molar-refractivity contribution is -0.244. The predicted octanol–water partition coefficient (Wildman–Crippen LogP) is 4.58. The molecule has 0 spiro atoms. The molecule has 0 N–H and O–H groups in total. The number of ether oxygens (including phenoxy) is 4. The number of terminal acetylenes is 1. The molecule has 5 rings (SSSR count). The molecule has 0 saturated carbocycles. The molecule has 2 fully saturated rings. The summed E-state index contributed by atoms with van der Waals surface area (Å²) in [7, 11) is -2.85. The Bertz CT molecular complexity index is 1210. The Morgan fingerprint density at radius 2 is 1.55 bits per heavy atom. The number of benzene rings is 2. The standard InChI is InChI=1S/C31H36O6Si/c1-7-20-33-31(25-19-14-21-32-25)26(35-28-27(31)36-30(5,6)37-28)22-34-38(29(2,3)4,23-15-10-8-11-16-23)24-17-12-9-13-18-24/h1,8-19,21,26-28H,20,22H2,2-6H3/t26-,27-,28+,31+/m1/s1. The first-order valence-corrected chi connectivity index (χ1v) is 14.9. The minimum absolute atomic E-state index is 0.0484. The summed E-state index contributed by atoms with van der Waals surface area (Å²) in [5.41, 5.74) is -1.15. The van der Waals surface area contributed by atoms with E-state index in [4.69, 9.17) is 34.2 Å². The van der Waals surface area contributed by atoms with Crippen molar-refractivity contribution in [3.8, 4) is 12.3 Å². The maximum Gasteiger partial charge on any atom is 0.261 e. The summed E-state index contributed by atoms with van der Waals surface area (Å²) in [6.45, 7) is 10.7. The molecule has 6 nitrogen and oxygen atoms in total. The smallest absolute Gasteiger partial charge is 0.261 e. The van der Waals surface area contributed by atoms with Crippen molar-refractivity contribution in [2.45, 2.75) is 69.5 Å². The molecule has 7 heteroatoms. The lowest BCUT2D eigenvalue weighted by Crippen LogP contribution is -2.67. The fraction of sp³-hybridized carbons (Fsp3) is 0.419. The summed E-state index contributed by atoms with van der Waals surface area (Å²) in [6, 6.07) is 24.7. The van der Waals surface area contributed by atoms with Crippen molar-refractivity contribution in [2.24, 2.45) is 0 Å². The van der Waals surface area contributed by atoms with E-state index >= 15 is 0 Å². The number of furan rings is 1. The molecule has 3 aromatic rings. The molecule has 38 heavy (non-hydrogen) atoms. The van der Waals surface area contributed by atoms with Crippen LogP contribution in [0.1, 0.15) is 40.4 Å². The highest BCUT2D eigenvalue weighted by molar-refractivity contribution is 6.99. The Hall–Kier alpha value is -2.70. The summed E-state index contributed by atoms with van der Waals surface area (Å²) < 4.78 is 38.7. The Balaban J connectivity index is 1.60. The molecule has 0 amide bonds. The van der Waals surface area contributed by atoms with Gasteiger partial charge >= 0.3 is 0 Å². The third-order valence-electron chi connectivity index (χ3n) is 7.43. The van der Waals surface area contributed by atoms with Crippen LogP contribution >= 0.6 is 0 Å². The van der Waals surface area contributed by atoms with Gasteiger partial charge in [-0.15, -0.1) is 6.42 Å². The largest absolute Gasteiger partial charge is 0.466 e. The van der Waals surface area contributed by atoms with E-state index < -0.39 is 38.2 Å². The van der Waals surface area contributed by atoms with Gasteiger partial charge in [0.2, 0.25) is 0 Å². The van der Waals surface area contributed by atoms with E-state index in [0.29, 0.717) is 5.76 Å². The number of rotatable bonds is 8. The summed E-state index contributed by atoms with van der Waals surface area (Å²) >= 11 is 0. The molecule has 2 aliphatic rings. The van der Waals surface area contributed by atoms with Crippen LogP contribution in [-0.4, -0.2) is 45.8 Å². The average molecular weight is 533 g/mol. The van der Waals surface area contributed by atoms with Crippen LogP contribution in [0.25, 0.3) is 0 Å². The molecular formula is C31H36O6Si. The SMILES string of the molecule is C#CCO[C@]1(c2ccco2)[C@@H]2OC(C)(C)O[C@@H]2O[C@@H]1CO[Si](c1ccccc1)(c1ccccc1)C(C)(C)C. The second-order valence-electron chi connectivity index (χ2n) is 11.3. The van der Waals surface area contributed by atoms with Gasteiger partial charge in [-0.3, -0.25) is 0 Å². The molecule has 2 aliphatic heterocycles. The Kier molecular flexibility index (Phi) is 7.16. The van der Waals surface area contributed by atoms with Crippen molar-refractivity contribution in [3.63, 3.8) is 0 Å². The second kappa shape index (κ2) is 10.1. The monoisotopic (exact) mass is 532 g/mol. The molecule has 0 aliphatic carbocycles. The quantitative estimate of drug-likeness (QED) is 0.313. The maximum absolute atomic E-state index is 7.23. The Morgan fingerprint density at radius 3 is 2.08 bits per heavy atom. The van der Waals surface area contributed by atoms with Gasteiger partial charge in [-0.05, 0) is 41.4 Å². The Labute approximate surface area is 226 Å². The van der Waals surface area contributed by atoms with Crippen LogP contribution in [0.15, 0.2) is 83.5 Å². The van der Waals surface area contributed by atoms with Crippen molar-refractivity contribution in [3.05, 3.63) is 84.8 Å². The second-order valence-corrected chi connectivity index (χ2v) is 15.6. The normalized spacial score (nSPS) is 26.7. The first-order valence-electron chi connectivity index (χ1n) is 13.0. The molecular weight excluding hydrogens is 496 g/mol. The van der Waals surface area contributed by atoms with E-state index in [1.165, 1.54) is 10.4 Å². The summed E-state index contributed by atoms with van der Waals surface area (Å²) in [6.07, 6.45) is 5.42. The van der Waals surface area contributed by atoms with Crippen LogP contribution in [0.5, 0.6) is 0 Å². The van der Waals surface area contributed by atoms with Gasteiger partial charge in [-0.25, -0.2) is 0 Å². The highest BCUT2D eigenvalue weighted by Crippen LogP contribution is 2.51. The van der Waals surface area contributed by atoms with E-state index in [9.17, 15) is 0 Å². The molecule has 0 unspecified atom stereocenters. The van der Waals surface area contributed by atoms with Gasteiger partial charge in [0.05, 0.1) is 12.9 Å². The lowest BCUT2D eigenvalue weighted by Gasteiger charge is -2.44. The molecule has 3 heterocycles. The summed E-state index contributed by atoms with van der Waals surface area (Å²) in [4.78, 5) is 0. The van der Waals surface area contributed by atoms with Gasteiger partial charge in [-0.1, -0.05) is 87.4 Å². The van der Waals surface area contributed by atoms with Crippen molar-refractivity contribution in [1.82, 2.24) is 0 Å². The topological polar surface area (TPSA) is 59.3 Å². The van der Waals surface area contributed by atoms with Crippen LogP contribution in [0, 0.1) is 12.3 Å². The minimum Gasteiger partial charge on any atom is -0.466 e. The summed E-state index contributed by atoms with van der Waals surface area (Å²) in [5.74, 6) is 2.32. The van der Waals surface area contributed by atoms with Crippen molar-refractivity contribution in [1.29, 1.82) is 0 Å². The minimum atomic E-state index is -2.85. The van der Waals surface area contributed by atoms with E-state index in [-0.39, 0.29) is 18.3 Å². The predicted molar refractivity (Wildman–Crippen MR) is 147 cm³/mol. The maximum atomic E-state index is 7.23. The molecule has 4 atom stereocenters. The van der Waals surface area contributed by atoms with Crippen molar-refractivity contribution < 1.29 is 27.8 Å². The van der Waals surface area contributed by atoms with E-state index in [1.54, 1.807) is 6.26 Å². The fourth-order valence-corrected chi connectivity index (χ4v) is 10.5. The fourth-order valence-electron chi connectivity index (χ4n) is 5.90.